The van der Waals surface area contributed by atoms with Gasteiger partial charge in [0.2, 0.25) is 0 Å². The molecule has 0 heterocycles. The van der Waals surface area contributed by atoms with Crippen LogP contribution < -0.4 is 9.47 Å². The first-order valence-electron chi connectivity index (χ1n) is 6.12. The predicted octanol–water partition coefficient (Wildman–Crippen LogP) is 3.86. The van der Waals surface area contributed by atoms with Gasteiger partial charge in [0.05, 0.1) is 0 Å². The highest BCUT2D eigenvalue weighted by molar-refractivity contribution is 5.67. The summed E-state index contributed by atoms with van der Waals surface area (Å²) in [6, 6.07) is 12.1. The third-order valence-electron chi connectivity index (χ3n) is 2.88. The number of hydrogen-bond donors (Lipinski definition) is 0. The van der Waals surface area contributed by atoms with Crippen LogP contribution in [0.2, 0.25) is 0 Å². The largest absolute Gasteiger partial charge is 0.519 e. The molecule has 2 aromatic rings. The Balaban J connectivity index is 2.05. The van der Waals surface area contributed by atoms with Crippen molar-refractivity contribution in [1.82, 2.24) is 0 Å². The number of carbonyl (C=O) groups excluding carboxylic acids is 1. The summed E-state index contributed by atoms with van der Waals surface area (Å²) in [7, 11) is 0. The third-order valence-corrected chi connectivity index (χ3v) is 2.88. The lowest BCUT2D eigenvalue weighted by molar-refractivity contribution is 0.152. The first kappa shape index (κ1) is 13.7. The second kappa shape index (κ2) is 5.94. The Kier molecular flexibility index (Phi) is 4.07. The second-order valence-electron chi connectivity index (χ2n) is 4.37. The summed E-state index contributed by atoms with van der Waals surface area (Å²) in [6.07, 6.45) is 4.49. The van der Waals surface area contributed by atoms with E-state index in [1.165, 1.54) is 0 Å². The highest BCUT2D eigenvalue weighted by Gasteiger charge is 2.08. The molecule has 0 amide bonds. The number of terminal acetylenes is 1. The molecule has 0 aliphatic rings. The summed E-state index contributed by atoms with van der Waals surface area (Å²) >= 11 is 0. The topological polar surface area (TPSA) is 35.5 Å². The minimum absolute atomic E-state index is 0.356. The molecule has 0 bridgehead atoms. The van der Waals surface area contributed by atoms with Crippen molar-refractivity contribution in [1.29, 1.82) is 0 Å². The molecule has 0 saturated heterocycles. The van der Waals surface area contributed by atoms with Gasteiger partial charge < -0.3 is 9.47 Å². The zero-order chi connectivity index (χ0) is 14.5. The van der Waals surface area contributed by atoms with E-state index in [1.54, 1.807) is 36.4 Å². The lowest BCUT2D eigenvalue weighted by Gasteiger charge is -2.07. The summed E-state index contributed by atoms with van der Waals surface area (Å²) in [4.78, 5) is 11.7. The van der Waals surface area contributed by atoms with Crippen LogP contribution in [-0.2, 0) is 0 Å². The SMILES string of the molecule is C#Cc1cccc(OC(=O)Oc2ccc(C)c(C)c2)c1. The number of benzene rings is 2. The molecule has 0 radical (unpaired) electrons. The van der Waals surface area contributed by atoms with Crippen LogP contribution in [0.1, 0.15) is 16.7 Å². The van der Waals surface area contributed by atoms with Gasteiger partial charge in [-0.25, -0.2) is 4.79 Å². The van der Waals surface area contributed by atoms with Crippen LogP contribution in [0.5, 0.6) is 11.5 Å². The van der Waals surface area contributed by atoms with Crippen LogP contribution in [0.25, 0.3) is 0 Å². The molecule has 0 spiro atoms. The molecule has 3 nitrogen and oxygen atoms in total. The van der Waals surface area contributed by atoms with Gasteiger partial charge in [-0.2, -0.15) is 0 Å². The number of rotatable bonds is 2. The number of ether oxygens (including phenoxy) is 2. The van der Waals surface area contributed by atoms with Crippen molar-refractivity contribution < 1.29 is 14.3 Å². The van der Waals surface area contributed by atoms with Gasteiger partial charge in [-0.3, -0.25) is 0 Å². The molecule has 0 aromatic heterocycles. The zero-order valence-electron chi connectivity index (χ0n) is 11.3. The first-order valence-corrected chi connectivity index (χ1v) is 6.12. The standard InChI is InChI=1S/C17H14O3/c1-4-14-6-5-7-15(11-14)19-17(18)20-16-9-8-12(2)13(3)10-16/h1,5-11H,2-3H3. The van der Waals surface area contributed by atoms with Gasteiger partial charge in [0.25, 0.3) is 0 Å². The van der Waals surface area contributed by atoms with Gasteiger partial charge in [0, 0.05) is 5.56 Å². The number of carbonyl (C=O) groups is 1. The smallest absolute Gasteiger partial charge is 0.395 e. The van der Waals surface area contributed by atoms with Crippen molar-refractivity contribution in [3.05, 3.63) is 59.2 Å². The van der Waals surface area contributed by atoms with Crippen molar-refractivity contribution in [3.8, 4) is 23.8 Å². The van der Waals surface area contributed by atoms with Crippen molar-refractivity contribution in [3.63, 3.8) is 0 Å². The van der Waals surface area contributed by atoms with E-state index in [-0.39, 0.29) is 0 Å². The minimum atomic E-state index is -0.789. The van der Waals surface area contributed by atoms with Gasteiger partial charge in [-0.05, 0) is 55.3 Å². The van der Waals surface area contributed by atoms with E-state index >= 15 is 0 Å². The third kappa shape index (κ3) is 3.39. The fraction of sp³-hybridized carbons (Fsp3) is 0.118. The van der Waals surface area contributed by atoms with Crippen LogP contribution in [0.15, 0.2) is 42.5 Å². The van der Waals surface area contributed by atoms with Gasteiger partial charge in [-0.1, -0.05) is 18.1 Å². The monoisotopic (exact) mass is 266 g/mol. The summed E-state index contributed by atoms with van der Waals surface area (Å²) in [6.45, 7) is 3.94. The van der Waals surface area contributed by atoms with E-state index in [9.17, 15) is 4.79 Å². The molecule has 0 aliphatic carbocycles. The number of aryl methyl sites for hydroxylation is 2. The Bertz CT molecular complexity index is 681. The molecule has 0 saturated carbocycles. The zero-order valence-corrected chi connectivity index (χ0v) is 11.3. The van der Waals surface area contributed by atoms with Crippen LogP contribution in [0, 0.1) is 26.2 Å². The normalized spacial score (nSPS) is 9.65. The Morgan fingerprint density at radius 2 is 1.70 bits per heavy atom. The highest BCUT2D eigenvalue weighted by Crippen LogP contribution is 2.18. The summed E-state index contributed by atoms with van der Waals surface area (Å²) in [5, 5.41) is 0. The molecular weight excluding hydrogens is 252 g/mol. The first-order chi connectivity index (χ1) is 9.58. The highest BCUT2D eigenvalue weighted by atomic mass is 16.7. The lowest BCUT2D eigenvalue weighted by Crippen LogP contribution is -2.13. The molecule has 2 rings (SSSR count). The van der Waals surface area contributed by atoms with Gasteiger partial charge in [0.1, 0.15) is 11.5 Å². The van der Waals surface area contributed by atoms with Crippen molar-refractivity contribution >= 4 is 6.16 Å². The molecule has 0 aliphatic heterocycles. The van der Waals surface area contributed by atoms with Crippen LogP contribution >= 0.6 is 0 Å². The fourth-order valence-corrected chi connectivity index (χ4v) is 1.64. The second-order valence-corrected chi connectivity index (χ2v) is 4.37. The molecule has 0 N–H and O–H groups in total. The molecule has 0 unspecified atom stereocenters. The molecule has 0 atom stereocenters. The summed E-state index contributed by atoms with van der Waals surface area (Å²) in [5.41, 5.74) is 2.82. The van der Waals surface area contributed by atoms with Crippen molar-refractivity contribution in [2.45, 2.75) is 13.8 Å². The van der Waals surface area contributed by atoms with Crippen molar-refractivity contribution in [2.24, 2.45) is 0 Å². The van der Waals surface area contributed by atoms with Crippen LogP contribution in [0.4, 0.5) is 4.79 Å². The average Bonchev–Trinajstić information content (AvgIpc) is 2.43. The Morgan fingerprint density at radius 1 is 1.00 bits per heavy atom. The minimum Gasteiger partial charge on any atom is -0.395 e. The Morgan fingerprint density at radius 3 is 2.35 bits per heavy atom. The van der Waals surface area contributed by atoms with E-state index in [1.807, 2.05) is 19.9 Å². The van der Waals surface area contributed by atoms with E-state index in [4.69, 9.17) is 15.9 Å². The fourth-order valence-electron chi connectivity index (χ4n) is 1.64. The Labute approximate surface area is 118 Å². The van der Waals surface area contributed by atoms with E-state index in [0.717, 1.165) is 11.1 Å². The maximum atomic E-state index is 11.7. The number of hydrogen-bond acceptors (Lipinski definition) is 3. The molecule has 0 fully saturated rings. The average molecular weight is 266 g/mol. The van der Waals surface area contributed by atoms with Crippen molar-refractivity contribution in [2.75, 3.05) is 0 Å². The molecule has 100 valence electrons. The van der Waals surface area contributed by atoms with Gasteiger partial charge in [-0.15, -0.1) is 6.42 Å². The van der Waals surface area contributed by atoms with Gasteiger partial charge >= 0.3 is 6.16 Å². The molecule has 3 heteroatoms. The van der Waals surface area contributed by atoms with Crippen LogP contribution in [-0.4, -0.2) is 6.16 Å². The van der Waals surface area contributed by atoms with E-state index in [2.05, 4.69) is 5.92 Å². The summed E-state index contributed by atoms with van der Waals surface area (Å²) in [5.74, 6) is 3.28. The Hall–Kier alpha value is -2.73. The maximum absolute atomic E-state index is 11.7. The van der Waals surface area contributed by atoms with Gasteiger partial charge in [0.15, 0.2) is 0 Å². The summed E-state index contributed by atoms with van der Waals surface area (Å²) < 4.78 is 10.2. The molecular formula is C17H14O3. The van der Waals surface area contributed by atoms with E-state index < -0.39 is 6.16 Å². The quantitative estimate of drug-likeness (QED) is 0.470. The van der Waals surface area contributed by atoms with Crippen LogP contribution in [0.3, 0.4) is 0 Å². The molecule has 2 aromatic carbocycles. The van der Waals surface area contributed by atoms with E-state index in [0.29, 0.717) is 17.1 Å². The molecule has 20 heavy (non-hydrogen) atoms. The maximum Gasteiger partial charge on any atom is 0.519 e. The predicted molar refractivity (Wildman–Crippen MR) is 76.9 cm³/mol. The lowest BCUT2D eigenvalue weighted by atomic mass is 10.1.